The summed E-state index contributed by atoms with van der Waals surface area (Å²) in [4.78, 5) is 0. The molecule has 1 heteroatoms. The molecule has 0 fully saturated rings. The first kappa shape index (κ1) is 10.8. The Morgan fingerprint density at radius 2 is 2.14 bits per heavy atom. The summed E-state index contributed by atoms with van der Waals surface area (Å²) in [6.07, 6.45) is 6.68. The minimum absolute atomic E-state index is 0.724. The van der Waals surface area contributed by atoms with Gasteiger partial charge in [-0.05, 0) is 31.0 Å². The number of rotatable bonds is 5. The van der Waals surface area contributed by atoms with Crippen molar-refractivity contribution in [2.45, 2.75) is 26.7 Å². The van der Waals surface area contributed by atoms with E-state index in [9.17, 15) is 0 Å². The summed E-state index contributed by atoms with van der Waals surface area (Å²) in [6.45, 7) is 4.91. The van der Waals surface area contributed by atoms with Crippen molar-refractivity contribution in [2.24, 2.45) is 0 Å². The topological polar surface area (TPSA) is 9.23 Å². The number of unbranched alkanes of at least 4 members (excludes halogenated alkanes) is 1. The van der Waals surface area contributed by atoms with Crippen LogP contribution in [-0.4, -0.2) is 6.61 Å². The Labute approximate surface area is 86.4 Å². The predicted octanol–water partition coefficient (Wildman–Crippen LogP) is 3.90. The average Bonchev–Trinajstić information content (AvgIpc) is 2.19. The lowest BCUT2D eigenvalue weighted by Crippen LogP contribution is -1.90. The summed E-state index contributed by atoms with van der Waals surface area (Å²) in [6, 6.07) is 8.17. The van der Waals surface area contributed by atoms with Gasteiger partial charge >= 0.3 is 0 Å². The monoisotopic (exact) mass is 190 g/mol. The van der Waals surface area contributed by atoms with Gasteiger partial charge in [-0.3, -0.25) is 0 Å². The van der Waals surface area contributed by atoms with Gasteiger partial charge in [0.2, 0.25) is 0 Å². The fraction of sp³-hybridized carbons (Fsp3) is 0.385. The molecular weight excluding hydrogens is 172 g/mol. The lowest BCUT2D eigenvalue weighted by atomic mass is 10.2. The van der Waals surface area contributed by atoms with Crippen LogP contribution in [0.15, 0.2) is 30.3 Å². The zero-order valence-corrected chi connectivity index (χ0v) is 8.99. The van der Waals surface area contributed by atoms with Gasteiger partial charge < -0.3 is 4.74 Å². The van der Waals surface area contributed by atoms with Gasteiger partial charge in [0.05, 0.1) is 6.61 Å². The van der Waals surface area contributed by atoms with Crippen molar-refractivity contribution in [3.8, 4) is 5.75 Å². The van der Waals surface area contributed by atoms with Gasteiger partial charge in [0, 0.05) is 0 Å². The van der Waals surface area contributed by atoms with E-state index in [1.54, 1.807) is 0 Å². The third-order valence-corrected chi connectivity index (χ3v) is 1.93. The molecule has 0 bridgehead atoms. The molecule has 0 amide bonds. The molecule has 1 rings (SSSR count). The van der Waals surface area contributed by atoms with Gasteiger partial charge in [0.15, 0.2) is 0 Å². The number of hydrogen-bond acceptors (Lipinski definition) is 1. The van der Waals surface area contributed by atoms with Crippen LogP contribution in [0.2, 0.25) is 0 Å². The molecule has 0 saturated carbocycles. The Balaban J connectivity index is 2.63. The van der Waals surface area contributed by atoms with E-state index in [1.807, 2.05) is 19.1 Å². The van der Waals surface area contributed by atoms with Crippen molar-refractivity contribution < 1.29 is 4.74 Å². The quantitative estimate of drug-likeness (QED) is 0.684. The van der Waals surface area contributed by atoms with E-state index in [4.69, 9.17) is 4.74 Å². The Morgan fingerprint density at radius 1 is 1.29 bits per heavy atom. The SMILES string of the molecule is CCC/C=C/c1cccc(OCC)c1. The molecule has 0 atom stereocenters. The van der Waals surface area contributed by atoms with E-state index < -0.39 is 0 Å². The highest BCUT2D eigenvalue weighted by molar-refractivity contribution is 5.51. The number of allylic oxidation sites excluding steroid dienone is 1. The van der Waals surface area contributed by atoms with Gasteiger partial charge in [-0.2, -0.15) is 0 Å². The zero-order valence-electron chi connectivity index (χ0n) is 8.99. The maximum Gasteiger partial charge on any atom is 0.119 e. The van der Waals surface area contributed by atoms with Crippen molar-refractivity contribution in [1.82, 2.24) is 0 Å². The Bertz CT molecular complexity index is 289. The number of ether oxygens (including phenoxy) is 1. The molecule has 0 N–H and O–H groups in total. The summed E-state index contributed by atoms with van der Waals surface area (Å²) >= 11 is 0. The van der Waals surface area contributed by atoms with Crippen molar-refractivity contribution in [2.75, 3.05) is 6.61 Å². The van der Waals surface area contributed by atoms with Gasteiger partial charge in [-0.1, -0.05) is 37.6 Å². The maximum atomic E-state index is 5.42. The number of benzene rings is 1. The van der Waals surface area contributed by atoms with Gasteiger partial charge in [-0.25, -0.2) is 0 Å². The van der Waals surface area contributed by atoms with E-state index in [2.05, 4.69) is 31.2 Å². The molecule has 0 aliphatic carbocycles. The summed E-state index contributed by atoms with van der Waals surface area (Å²) in [5.74, 6) is 0.950. The molecule has 1 nitrogen and oxygen atoms in total. The molecule has 1 aromatic carbocycles. The van der Waals surface area contributed by atoms with Crippen LogP contribution in [0.4, 0.5) is 0 Å². The average molecular weight is 190 g/mol. The van der Waals surface area contributed by atoms with Crippen LogP contribution in [0.5, 0.6) is 5.75 Å². The predicted molar refractivity (Wildman–Crippen MR) is 61.6 cm³/mol. The van der Waals surface area contributed by atoms with E-state index in [0.717, 1.165) is 18.8 Å². The van der Waals surface area contributed by atoms with Crippen LogP contribution >= 0.6 is 0 Å². The minimum Gasteiger partial charge on any atom is -0.494 e. The fourth-order valence-corrected chi connectivity index (χ4v) is 1.26. The molecule has 0 spiro atoms. The molecule has 0 aromatic heterocycles. The molecule has 0 heterocycles. The summed E-state index contributed by atoms with van der Waals surface area (Å²) in [5, 5.41) is 0. The summed E-state index contributed by atoms with van der Waals surface area (Å²) in [5.41, 5.74) is 1.21. The third-order valence-electron chi connectivity index (χ3n) is 1.93. The van der Waals surface area contributed by atoms with Crippen LogP contribution in [0.25, 0.3) is 6.08 Å². The molecule has 0 aliphatic heterocycles. The van der Waals surface area contributed by atoms with Crippen LogP contribution in [-0.2, 0) is 0 Å². The van der Waals surface area contributed by atoms with Gasteiger partial charge in [0.25, 0.3) is 0 Å². The van der Waals surface area contributed by atoms with E-state index >= 15 is 0 Å². The molecular formula is C13H18O. The molecule has 1 aromatic rings. The summed E-state index contributed by atoms with van der Waals surface area (Å²) < 4.78 is 5.42. The van der Waals surface area contributed by atoms with Crippen molar-refractivity contribution in [3.05, 3.63) is 35.9 Å². The third kappa shape index (κ3) is 3.65. The van der Waals surface area contributed by atoms with E-state index in [1.165, 1.54) is 12.0 Å². The standard InChI is InChI=1S/C13H18O/c1-3-5-6-8-12-9-7-10-13(11-12)14-4-2/h6-11H,3-5H2,1-2H3/b8-6+. The molecule has 0 unspecified atom stereocenters. The van der Waals surface area contributed by atoms with Crippen LogP contribution in [0.3, 0.4) is 0 Å². The largest absolute Gasteiger partial charge is 0.494 e. The first-order valence-corrected chi connectivity index (χ1v) is 5.26. The first-order chi connectivity index (χ1) is 6.86. The lowest BCUT2D eigenvalue weighted by molar-refractivity contribution is 0.340. The Kier molecular flexibility index (Phi) is 4.84. The fourth-order valence-electron chi connectivity index (χ4n) is 1.26. The molecule has 0 aliphatic rings. The van der Waals surface area contributed by atoms with E-state index in [0.29, 0.717) is 0 Å². The van der Waals surface area contributed by atoms with Gasteiger partial charge in [0.1, 0.15) is 5.75 Å². The normalized spacial score (nSPS) is 10.7. The highest BCUT2D eigenvalue weighted by Crippen LogP contribution is 2.14. The van der Waals surface area contributed by atoms with Crippen molar-refractivity contribution in [1.29, 1.82) is 0 Å². The Morgan fingerprint density at radius 3 is 2.86 bits per heavy atom. The number of hydrogen-bond donors (Lipinski definition) is 0. The molecule has 76 valence electrons. The highest BCUT2D eigenvalue weighted by Gasteiger charge is 1.91. The zero-order chi connectivity index (χ0) is 10.2. The molecule has 0 radical (unpaired) electrons. The Hall–Kier alpha value is -1.24. The van der Waals surface area contributed by atoms with Gasteiger partial charge in [-0.15, -0.1) is 0 Å². The lowest BCUT2D eigenvalue weighted by Gasteiger charge is -2.02. The summed E-state index contributed by atoms with van der Waals surface area (Å²) in [7, 11) is 0. The first-order valence-electron chi connectivity index (χ1n) is 5.26. The second kappa shape index (κ2) is 6.25. The van der Waals surface area contributed by atoms with Crippen molar-refractivity contribution in [3.63, 3.8) is 0 Å². The highest BCUT2D eigenvalue weighted by atomic mass is 16.5. The second-order valence-corrected chi connectivity index (χ2v) is 3.20. The molecule has 0 saturated heterocycles. The van der Waals surface area contributed by atoms with Crippen molar-refractivity contribution >= 4 is 6.08 Å². The van der Waals surface area contributed by atoms with Crippen LogP contribution < -0.4 is 4.74 Å². The molecule has 14 heavy (non-hydrogen) atoms. The maximum absolute atomic E-state index is 5.42. The van der Waals surface area contributed by atoms with Crippen LogP contribution in [0, 0.1) is 0 Å². The van der Waals surface area contributed by atoms with E-state index in [-0.39, 0.29) is 0 Å². The second-order valence-electron chi connectivity index (χ2n) is 3.20. The smallest absolute Gasteiger partial charge is 0.119 e. The minimum atomic E-state index is 0.724. The van der Waals surface area contributed by atoms with Crippen LogP contribution in [0.1, 0.15) is 32.3 Å².